The molecule has 1 aromatic carbocycles. The Morgan fingerprint density at radius 3 is 2.74 bits per heavy atom. The molecule has 1 aliphatic rings. The maximum atomic E-state index is 13.3. The number of hydrogen-bond acceptors (Lipinski definition) is 4. The van der Waals surface area contributed by atoms with Crippen molar-refractivity contribution in [3.05, 3.63) is 78.3 Å². The van der Waals surface area contributed by atoms with Crippen LogP contribution in [0.4, 0.5) is 4.39 Å². The minimum Gasteiger partial charge on any atom is -0.367 e. The van der Waals surface area contributed by atoms with E-state index in [1.165, 1.54) is 12.1 Å². The molecule has 0 aliphatic carbocycles. The zero-order valence-electron chi connectivity index (χ0n) is 17.8. The molecule has 162 valence electrons. The van der Waals surface area contributed by atoms with Crippen LogP contribution in [0.15, 0.2) is 66.3 Å². The van der Waals surface area contributed by atoms with Crippen molar-refractivity contribution >= 4 is 5.96 Å². The molecule has 4 rings (SSSR count). The van der Waals surface area contributed by atoms with Crippen molar-refractivity contribution < 1.29 is 9.13 Å². The number of nitrogens with one attached hydrogen (secondary N) is 1. The molecular weight excluding hydrogens is 395 g/mol. The first-order chi connectivity index (χ1) is 15.1. The van der Waals surface area contributed by atoms with Crippen LogP contribution in [0.3, 0.4) is 0 Å². The number of nitrogens with zero attached hydrogens (tertiary/aromatic N) is 5. The average Bonchev–Trinajstić information content (AvgIpc) is 3.32. The van der Waals surface area contributed by atoms with Crippen LogP contribution in [0.25, 0.3) is 5.82 Å². The van der Waals surface area contributed by atoms with Crippen LogP contribution in [-0.4, -0.2) is 51.1 Å². The van der Waals surface area contributed by atoms with Crippen LogP contribution in [0.2, 0.25) is 0 Å². The number of pyridine rings is 1. The maximum absolute atomic E-state index is 13.3. The number of imidazole rings is 1. The van der Waals surface area contributed by atoms with E-state index in [0.29, 0.717) is 13.1 Å². The fourth-order valence-corrected chi connectivity index (χ4v) is 3.64. The molecule has 0 radical (unpaired) electrons. The highest BCUT2D eigenvalue weighted by Gasteiger charge is 2.28. The van der Waals surface area contributed by atoms with Crippen LogP contribution >= 0.6 is 0 Å². The van der Waals surface area contributed by atoms with Crippen molar-refractivity contribution in [1.82, 2.24) is 24.8 Å². The Morgan fingerprint density at radius 2 is 2.06 bits per heavy atom. The monoisotopic (exact) mass is 422 g/mol. The Labute approximate surface area is 181 Å². The van der Waals surface area contributed by atoms with Crippen molar-refractivity contribution in [2.45, 2.75) is 32.6 Å². The molecule has 1 N–H and O–H groups in total. The van der Waals surface area contributed by atoms with E-state index in [1.807, 2.05) is 36.0 Å². The van der Waals surface area contributed by atoms with Crippen molar-refractivity contribution in [2.75, 3.05) is 19.6 Å². The van der Waals surface area contributed by atoms with Crippen molar-refractivity contribution in [2.24, 2.45) is 4.99 Å². The molecule has 3 aromatic rings. The van der Waals surface area contributed by atoms with Gasteiger partial charge in [-0.2, -0.15) is 0 Å². The van der Waals surface area contributed by atoms with E-state index in [-0.39, 0.29) is 18.0 Å². The number of guanidine groups is 1. The van der Waals surface area contributed by atoms with E-state index < -0.39 is 0 Å². The second-order valence-corrected chi connectivity index (χ2v) is 7.56. The molecule has 2 atom stereocenters. The summed E-state index contributed by atoms with van der Waals surface area (Å²) in [6, 6.07) is 10.5. The van der Waals surface area contributed by atoms with Gasteiger partial charge in [-0.15, -0.1) is 0 Å². The standard InChI is InChI=1S/C23H27FN6O/c1-3-26-23(28-13-18-4-9-22(27-12-18)29-11-10-25-16-29)30-14-17(2)31-21(15-30)19-5-7-20(24)8-6-19/h4-12,16-17,21H,3,13-15H2,1-2H3,(H,26,28). The van der Waals surface area contributed by atoms with Crippen LogP contribution in [0, 0.1) is 5.82 Å². The van der Waals surface area contributed by atoms with E-state index in [2.05, 4.69) is 27.1 Å². The summed E-state index contributed by atoms with van der Waals surface area (Å²) in [7, 11) is 0. The molecule has 1 fully saturated rings. The molecule has 0 amide bonds. The zero-order chi connectivity index (χ0) is 21.6. The molecule has 0 saturated carbocycles. The third-order valence-electron chi connectivity index (χ3n) is 5.13. The molecule has 0 spiro atoms. The summed E-state index contributed by atoms with van der Waals surface area (Å²) in [5, 5.41) is 3.39. The molecular formula is C23H27FN6O. The Morgan fingerprint density at radius 1 is 1.23 bits per heavy atom. The highest BCUT2D eigenvalue weighted by molar-refractivity contribution is 5.80. The van der Waals surface area contributed by atoms with Gasteiger partial charge in [-0.1, -0.05) is 18.2 Å². The Bertz CT molecular complexity index is 988. The first-order valence-electron chi connectivity index (χ1n) is 10.5. The summed E-state index contributed by atoms with van der Waals surface area (Å²) in [5.74, 6) is 1.41. The quantitative estimate of drug-likeness (QED) is 0.505. The molecule has 2 unspecified atom stereocenters. The van der Waals surface area contributed by atoms with Gasteiger partial charge in [-0.25, -0.2) is 19.4 Å². The summed E-state index contributed by atoms with van der Waals surface area (Å²) in [6.07, 6.45) is 7.05. The fourth-order valence-electron chi connectivity index (χ4n) is 3.64. The lowest BCUT2D eigenvalue weighted by molar-refractivity contribution is -0.0605. The topological polar surface area (TPSA) is 67.6 Å². The van der Waals surface area contributed by atoms with Gasteiger partial charge in [0.15, 0.2) is 5.96 Å². The second-order valence-electron chi connectivity index (χ2n) is 7.56. The first-order valence-corrected chi connectivity index (χ1v) is 10.5. The summed E-state index contributed by atoms with van der Waals surface area (Å²) in [6.45, 7) is 6.78. The fraction of sp³-hybridized carbons (Fsp3) is 0.348. The number of halogens is 1. The molecule has 8 heteroatoms. The first kappa shape index (κ1) is 21.0. The van der Waals surface area contributed by atoms with Crippen molar-refractivity contribution in [3.63, 3.8) is 0 Å². The number of benzene rings is 1. The molecule has 1 aliphatic heterocycles. The van der Waals surface area contributed by atoms with Gasteiger partial charge in [-0.3, -0.25) is 4.57 Å². The predicted octanol–water partition coefficient (Wildman–Crippen LogP) is 3.33. The third kappa shape index (κ3) is 5.27. The molecule has 31 heavy (non-hydrogen) atoms. The van der Waals surface area contributed by atoms with Gasteiger partial charge in [0.1, 0.15) is 24.1 Å². The number of rotatable bonds is 5. The smallest absolute Gasteiger partial charge is 0.194 e. The molecule has 7 nitrogen and oxygen atoms in total. The van der Waals surface area contributed by atoms with Gasteiger partial charge in [0.05, 0.1) is 19.2 Å². The maximum Gasteiger partial charge on any atom is 0.194 e. The van der Waals surface area contributed by atoms with Gasteiger partial charge in [0.25, 0.3) is 0 Å². The third-order valence-corrected chi connectivity index (χ3v) is 5.13. The van der Waals surface area contributed by atoms with Gasteiger partial charge >= 0.3 is 0 Å². The molecule has 0 bridgehead atoms. The number of morpholine rings is 1. The largest absolute Gasteiger partial charge is 0.367 e. The molecule has 1 saturated heterocycles. The van der Waals surface area contributed by atoms with E-state index in [4.69, 9.17) is 9.73 Å². The normalized spacial score (nSPS) is 19.5. The zero-order valence-corrected chi connectivity index (χ0v) is 17.8. The van der Waals surface area contributed by atoms with Crippen LogP contribution < -0.4 is 5.32 Å². The average molecular weight is 423 g/mol. The molecule has 3 heterocycles. The summed E-state index contributed by atoms with van der Waals surface area (Å²) >= 11 is 0. The van der Waals surface area contributed by atoms with Gasteiger partial charge in [0.2, 0.25) is 0 Å². The van der Waals surface area contributed by atoms with Gasteiger partial charge < -0.3 is 15.0 Å². The molecule has 2 aromatic heterocycles. The van der Waals surface area contributed by atoms with E-state index >= 15 is 0 Å². The van der Waals surface area contributed by atoms with E-state index in [9.17, 15) is 4.39 Å². The van der Waals surface area contributed by atoms with E-state index in [1.54, 1.807) is 24.7 Å². The number of aromatic nitrogens is 3. The summed E-state index contributed by atoms with van der Waals surface area (Å²) < 4.78 is 21.3. The number of ether oxygens (including phenoxy) is 1. The Balaban J connectivity index is 1.47. The number of hydrogen-bond donors (Lipinski definition) is 1. The van der Waals surface area contributed by atoms with Crippen molar-refractivity contribution in [3.8, 4) is 5.82 Å². The summed E-state index contributed by atoms with van der Waals surface area (Å²) in [4.78, 5) is 15.6. The summed E-state index contributed by atoms with van der Waals surface area (Å²) in [5.41, 5.74) is 1.99. The van der Waals surface area contributed by atoms with Gasteiger partial charge in [-0.05, 0) is 43.2 Å². The lowest BCUT2D eigenvalue weighted by Gasteiger charge is -2.38. The second kappa shape index (κ2) is 9.70. The predicted molar refractivity (Wildman–Crippen MR) is 117 cm³/mol. The highest BCUT2D eigenvalue weighted by Crippen LogP contribution is 2.25. The Hall–Kier alpha value is -3.26. The number of aliphatic imine (C=N–C) groups is 1. The van der Waals surface area contributed by atoms with Gasteiger partial charge in [0, 0.05) is 31.7 Å². The van der Waals surface area contributed by atoms with Crippen LogP contribution in [0.1, 0.15) is 31.1 Å². The Kier molecular flexibility index (Phi) is 6.57. The SMILES string of the molecule is CCNC(=NCc1ccc(-n2ccnc2)nc1)N1CC(C)OC(c2ccc(F)cc2)C1. The van der Waals surface area contributed by atoms with Crippen LogP contribution in [-0.2, 0) is 11.3 Å². The van der Waals surface area contributed by atoms with Crippen molar-refractivity contribution in [1.29, 1.82) is 0 Å². The highest BCUT2D eigenvalue weighted by atomic mass is 19.1. The van der Waals surface area contributed by atoms with E-state index in [0.717, 1.165) is 36.0 Å². The minimum absolute atomic E-state index is 0.0313. The van der Waals surface area contributed by atoms with Crippen LogP contribution in [0.5, 0.6) is 0 Å². The lowest BCUT2D eigenvalue weighted by Crippen LogP contribution is -2.50. The minimum atomic E-state index is -0.243. The lowest BCUT2D eigenvalue weighted by atomic mass is 10.1.